The minimum absolute atomic E-state index is 0.308. The number of nitriles is 1. The van der Waals surface area contributed by atoms with Gasteiger partial charge in [0.25, 0.3) is 0 Å². The van der Waals surface area contributed by atoms with Gasteiger partial charge in [-0.05, 0) is 42.9 Å². The summed E-state index contributed by atoms with van der Waals surface area (Å²) in [6, 6.07) is 5.86. The third-order valence-corrected chi connectivity index (χ3v) is 3.72. The van der Waals surface area contributed by atoms with Gasteiger partial charge >= 0.3 is 0 Å². The normalized spacial score (nSPS) is 17.8. The predicted octanol–water partition coefficient (Wildman–Crippen LogP) is 2.92. The number of hydrogen-bond donors (Lipinski definition) is 1. The number of fused-ring (bicyclic) bond motifs is 1. The fourth-order valence-corrected chi connectivity index (χ4v) is 2.76. The molecule has 4 heteroatoms. The largest absolute Gasteiger partial charge is 0.464 e. The summed E-state index contributed by atoms with van der Waals surface area (Å²) >= 11 is 0. The van der Waals surface area contributed by atoms with E-state index >= 15 is 0 Å². The lowest BCUT2D eigenvalue weighted by Gasteiger charge is -2.24. The highest BCUT2D eigenvalue weighted by molar-refractivity contribution is 5.76. The highest BCUT2D eigenvalue weighted by Gasteiger charge is 2.25. The first-order chi connectivity index (χ1) is 9.20. The van der Waals surface area contributed by atoms with Crippen LogP contribution in [0, 0.1) is 17.2 Å². The number of anilines is 1. The number of nitrogens with two attached hydrogens (primary N) is 1. The SMILES string of the molecule is C[C@H]1CCc2nc(N)c(C#N)c(-c3ccco3)c2C1. The fourth-order valence-electron chi connectivity index (χ4n) is 2.76. The molecule has 2 N–H and O–H groups in total. The molecule has 0 fully saturated rings. The maximum atomic E-state index is 9.35. The molecule has 0 unspecified atom stereocenters. The summed E-state index contributed by atoms with van der Waals surface area (Å²) in [4.78, 5) is 4.40. The number of furan rings is 1. The number of aromatic nitrogens is 1. The molecule has 19 heavy (non-hydrogen) atoms. The molecule has 0 saturated carbocycles. The van der Waals surface area contributed by atoms with Crippen molar-refractivity contribution in [3.63, 3.8) is 0 Å². The minimum atomic E-state index is 0.308. The number of nitrogen functional groups attached to an aromatic ring is 1. The molecule has 4 nitrogen and oxygen atoms in total. The first kappa shape index (κ1) is 11.8. The summed E-state index contributed by atoms with van der Waals surface area (Å²) in [5.41, 5.74) is 9.33. The first-order valence-electron chi connectivity index (χ1n) is 6.46. The summed E-state index contributed by atoms with van der Waals surface area (Å²) in [7, 11) is 0. The topological polar surface area (TPSA) is 75.8 Å². The Balaban J connectivity index is 2.30. The first-order valence-corrected chi connectivity index (χ1v) is 6.46. The van der Waals surface area contributed by atoms with Gasteiger partial charge in [-0.2, -0.15) is 5.26 Å². The van der Waals surface area contributed by atoms with E-state index in [4.69, 9.17) is 10.2 Å². The van der Waals surface area contributed by atoms with Gasteiger partial charge in [0.15, 0.2) is 0 Å². The Morgan fingerprint density at radius 3 is 3.05 bits per heavy atom. The lowest BCUT2D eigenvalue weighted by molar-refractivity contribution is 0.493. The minimum Gasteiger partial charge on any atom is -0.464 e. The van der Waals surface area contributed by atoms with Crippen LogP contribution in [0.3, 0.4) is 0 Å². The van der Waals surface area contributed by atoms with Crippen molar-refractivity contribution >= 4 is 5.82 Å². The van der Waals surface area contributed by atoms with Crippen LogP contribution in [0.5, 0.6) is 0 Å². The van der Waals surface area contributed by atoms with Gasteiger partial charge in [0.05, 0.1) is 6.26 Å². The zero-order valence-electron chi connectivity index (χ0n) is 10.8. The van der Waals surface area contributed by atoms with Gasteiger partial charge in [0, 0.05) is 11.3 Å². The second kappa shape index (κ2) is 4.43. The molecule has 2 aromatic rings. The van der Waals surface area contributed by atoms with Gasteiger partial charge in [-0.1, -0.05) is 6.92 Å². The maximum absolute atomic E-state index is 9.35. The van der Waals surface area contributed by atoms with Crippen LogP contribution in [0.4, 0.5) is 5.82 Å². The van der Waals surface area contributed by atoms with E-state index in [0.29, 0.717) is 23.1 Å². The Labute approximate surface area is 111 Å². The molecule has 0 radical (unpaired) electrons. The maximum Gasteiger partial charge on any atom is 0.142 e. The van der Waals surface area contributed by atoms with Gasteiger partial charge in [-0.15, -0.1) is 0 Å². The van der Waals surface area contributed by atoms with Crippen molar-refractivity contribution in [2.24, 2.45) is 5.92 Å². The molecular formula is C15H15N3O. The zero-order chi connectivity index (χ0) is 13.4. The van der Waals surface area contributed by atoms with Crippen LogP contribution in [0.15, 0.2) is 22.8 Å². The van der Waals surface area contributed by atoms with E-state index < -0.39 is 0 Å². The summed E-state index contributed by atoms with van der Waals surface area (Å²) < 4.78 is 5.48. The highest BCUT2D eigenvalue weighted by Crippen LogP contribution is 2.37. The Morgan fingerprint density at radius 1 is 1.53 bits per heavy atom. The molecule has 0 spiro atoms. The molecule has 1 aliphatic carbocycles. The second-order valence-electron chi connectivity index (χ2n) is 5.11. The average molecular weight is 253 g/mol. The molecule has 1 atom stereocenters. The lowest BCUT2D eigenvalue weighted by atomic mass is 9.83. The molecule has 3 rings (SSSR count). The van der Waals surface area contributed by atoms with Gasteiger partial charge in [0.1, 0.15) is 23.2 Å². The van der Waals surface area contributed by atoms with E-state index in [9.17, 15) is 5.26 Å². The van der Waals surface area contributed by atoms with Crippen molar-refractivity contribution in [1.29, 1.82) is 5.26 Å². The van der Waals surface area contributed by atoms with Crippen LogP contribution in [-0.4, -0.2) is 4.98 Å². The van der Waals surface area contributed by atoms with Crippen LogP contribution in [0.1, 0.15) is 30.2 Å². The van der Waals surface area contributed by atoms with Crippen LogP contribution in [0.25, 0.3) is 11.3 Å². The van der Waals surface area contributed by atoms with E-state index in [1.54, 1.807) is 6.26 Å². The van der Waals surface area contributed by atoms with Gasteiger partial charge in [0.2, 0.25) is 0 Å². The lowest BCUT2D eigenvalue weighted by Crippen LogP contribution is -2.16. The van der Waals surface area contributed by atoms with E-state index in [0.717, 1.165) is 36.1 Å². The molecule has 0 bridgehead atoms. The average Bonchev–Trinajstić information content (AvgIpc) is 2.91. The Kier molecular flexibility index (Phi) is 2.75. The molecule has 0 saturated heterocycles. The standard InChI is InChI=1S/C15H15N3O/c1-9-4-5-12-10(7-9)14(13-3-2-6-19-13)11(8-16)15(17)18-12/h2-3,6,9H,4-5,7H2,1H3,(H2,17,18)/t9-/m0/s1. The van der Waals surface area contributed by atoms with E-state index in [1.165, 1.54) is 0 Å². The molecule has 2 heterocycles. The van der Waals surface area contributed by atoms with Crippen molar-refractivity contribution in [3.8, 4) is 17.4 Å². The van der Waals surface area contributed by atoms with E-state index in [2.05, 4.69) is 18.0 Å². The van der Waals surface area contributed by atoms with E-state index in [1.807, 2.05) is 12.1 Å². The number of nitrogens with zero attached hydrogens (tertiary/aromatic N) is 2. The van der Waals surface area contributed by atoms with Gasteiger partial charge < -0.3 is 10.2 Å². The van der Waals surface area contributed by atoms with Gasteiger partial charge in [-0.3, -0.25) is 0 Å². The van der Waals surface area contributed by atoms with Crippen LogP contribution >= 0.6 is 0 Å². The molecule has 96 valence electrons. The molecule has 0 amide bonds. The zero-order valence-corrected chi connectivity index (χ0v) is 10.8. The van der Waals surface area contributed by atoms with Crippen LogP contribution in [-0.2, 0) is 12.8 Å². The Hall–Kier alpha value is -2.28. The number of rotatable bonds is 1. The monoisotopic (exact) mass is 253 g/mol. The van der Waals surface area contributed by atoms with Crippen molar-refractivity contribution in [2.45, 2.75) is 26.2 Å². The predicted molar refractivity (Wildman–Crippen MR) is 72.3 cm³/mol. The molecule has 0 aromatic carbocycles. The van der Waals surface area contributed by atoms with Crippen LogP contribution in [0.2, 0.25) is 0 Å². The molecule has 1 aliphatic rings. The van der Waals surface area contributed by atoms with Crippen molar-refractivity contribution < 1.29 is 4.42 Å². The summed E-state index contributed by atoms with van der Waals surface area (Å²) in [6.07, 6.45) is 4.57. The molecular weight excluding hydrogens is 238 g/mol. The van der Waals surface area contributed by atoms with Crippen molar-refractivity contribution in [3.05, 3.63) is 35.2 Å². The highest BCUT2D eigenvalue weighted by atomic mass is 16.3. The van der Waals surface area contributed by atoms with Crippen molar-refractivity contribution in [2.75, 3.05) is 5.73 Å². The van der Waals surface area contributed by atoms with Gasteiger partial charge in [-0.25, -0.2) is 4.98 Å². The Bertz CT molecular complexity index is 653. The summed E-state index contributed by atoms with van der Waals surface area (Å²) in [5, 5.41) is 9.35. The number of hydrogen-bond acceptors (Lipinski definition) is 4. The third-order valence-electron chi connectivity index (χ3n) is 3.72. The second-order valence-corrected chi connectivity index (χ2v) is 5.11. The van der Waals surface area contributed by atoms with Crippen LogP contribution < -0.4 is 5.73 Å². The number of aryl methyl sites for hydroxylation is 1. The summed E-state index contributed by atoms with van der Waals surface area (Å²) in [6.45, 7) is 2.22. The number of pyridine rings is 1. The quantitative estimate of drug-likeness (QED) is 0.847. The molecule has 2 aromatic heterocycles. The Morgan fingerprint density at radius 2 is 2.37 bits per heavy atom. The third kappa shape index (κ3) is 1.88. The smallest absolute Gasteiger partial charge is 0.142 e. The summed E-state index contributed by atoms with van der Waals surface area (Å²) in [5.74, 6) is 1.61. The fraction of sp³-hybridized carbons (Fsp3) is 0.333. The molecule has 0 aliphatic heterocycles. The van der Waals surface area contributed by atoms with Crippen molar-refractivity contribution in [1.82, 2.24) is 4.98 Å². The van der Waals surface area contributed by atoms with E-state index in [-0.39, 0.29) is 0 Å².